The third-order valence-corrected chi connectivity index (χ3v) is 2.03. The summed E-state index contributed by atoms with van der Waals surface area (Å²) < 4.78 is 28.2. The highest BCUT2D eigenvalue weighted by atomic mass is 19.3. The number of ether oxygens (including phenoxy) is 1. The first-order chi connectivity index (χ1) is 7.69. The van der Waals surface area contributed by atoms with Gasteiger partial charge in [-0.3, -0.25) is 4.79 Å². The Hall–Kier alpha value is -2.04. The molecular weight excluding hydrogens is 216 g/mol. The predicted octanol–water partition coefficient (Wildman–Crippen LogP) is 2.65. The van der Waals surface area contributed by atoms with Crippen LogP contribution in [0.15, 0.2) is 30.3 Å². The fraction of sp³-hybridized carbons (Fsp3) is 0.0909. The van der Waals surface area contributed by atoms with E-state index in [0.29, 0.717) is 22.9 Å². The largest absolute Gasteiger partial charge is 0.435 e. The zero-order chi connectivity index (χ0) is 11.5. The molecular formula is C11H7F2NO2. The van der Waals surface area contributed by atoms with Crippen molar-refractivity contribution in [3.63, 3.8) is 0 Å². The monoisotopic (exact) mass is 223 g/mol. The molecule has 1 heterocycles. The summed E-state index contributed by atoms with van der Waals surface area (Å²) in [6.07, 6.45) is 0.628. The van der Waals surface area contributed by atoms with E-state index in [1.165, 1.54) is 24.3 Å². The van der Waals surface area contributed by atoms with Gasteiger partial charge in [-0.15, -0.1) is 0 Å². The van der Waals surface area contributed by atoms with E-state index in [9.17, 15) is 13.6 Å². The van der Waals surface area contributed by atoms with Crippen molar-refractivity contribution in [1.29, 1.82) is 0 Å². The topological polar surface area (TPSA) is 39.2 Å². The summed E-state index contributed by atoms with van der Waals surface area (Å²) in [4.78, 5) is 14.5. The van der Waals surface area contributed by atoms with Crippen molar-refractivity contribution in [3.8, 4) is 5.75 Å². The highest BCUT2D eigenvalue weighted by Gasteiger charge is 2.05. The third-order valence-electron chi connectivity index (χ3n) is 2.03. The normalized spacial score (nSPS) is 10.7. The van der Waals surface area contributed by atoms with Crippen LogP contribution >= 0.6 is 0 Å². The molecule has 1 aromatic heterocycles. The molecule has 0 aliphatic carbocycles. The van der Waals surface area contributed by atoms with Gasteiger partial charge >= 0.3 is 6.61 Å². The molecule has 0 amide bonds. The van der Waals surface area contributed by atoms with Gasteiger partial charge in [-0.05, 0) is 24.3 Å². The summed E-state index contributed by atoms with van der Waals surface area (Å²) in [5.41, 5.74) is 0.862. The number of aldehydes is 1. The van der Waals surface area contributed by atoms with Gasteiger partial charge in [0.25, 0.3) is 0 Å². The van der Waals surface area contributed by atoms with E-state index in [-0.39, 0.29) is 5.75 Å². The van der Waals surface area contributed by atoms with Crippen LogP contribution < -0.4 is 4.74 Å². The molecule has 16 heavy (non-hydrogen) atoms. The third kappa shape index (κ3) is 2.13. The molecule has 0 fully saturated rings. The number of rotatable bonds is 3. The maximum absolute atomic E-state index is 12.0. The van der Waals surface area contributed by atoms with Gasteiger partial charge in [0.1, 0.15) is 11.4 Å². The Morgan fingerprint density at radius 3 is 2.75 bits per heavy atom. The van der Waals surface area contributed by atoms with E-state index in [1.807, 2.05) is 0 Å². The average molecular weight is 223 g/mol. The molecule has 3 nitrogen and oxygen atoms in total. The lowest BCUT2D eigenvalue weighted by Crippen LogP contribution is -2.01. The fourth-order valence-electron chi connectivity index (χ4n) is 1.36. The Morgan fingerprint density at radius 1 is 1.25 bits per heavy atom. The Balaban J connectivity index is 2.43. The smallest absolute Gasteiger partial charge is 0.387 e. The quantitative estimate of drug-likeness (QED) is 0.751. The maximum Gasteiger partial charge on any atom is 0.387 e. The van der Waals surface area contributed by atoms with Crippen LogP contribution in [0.3, 0.4) is 0 Å². The summed E-state index contributed by atoms with van der Waals surface area (Å²) in [5, 5.41) is 0.642. The molecule has 1 aromatic carbocycles. The van der Waals surface area contributed by atoms with Crippen LogP contribution in [0.4, 0.5) is 8.78 Å². The van der Waals surface area contributed by atoms with E-state index < -0.39 is 6.61 Å². The van der Waals surface area contributed by atoms with Crippen LogP contribution in [0.1, 0.15) is 10.5 Å². The number of benzene rings is 1. The van der Waals surface area contributed by atoms with E-state index >= 15 is 0 Å². The lowest BCUT2D eigenvalue weighted by atomic mass is 10.2. The minimum atomic E-state index is -2.85. The predicted molar refractivity (Wildman–Crippen MR) is 53.8 cm³/mol. The average Bonchev–Trinajstić information content (AvgIpc) is 2.27. The van der Waals surface area contributed by atoms with Gasteiger partial charge in [0, 0.05) is 5.39 Å². The van der Waals surface area contributed by atoms with Crippen molar-refractivity contribution in [2.45, 2.75) is 6.61 Å². The number of pyridine rings is 1. The first kappa shape index (κ1) is 10.5. The Morgan fingerprint density at radius 2 is 2.06 bits per heavy atom. The zero-order valence-electron chi connectivity index (χ0n) is 8.06. The van der Waals surface area contributed by atoms with E-state index in [2.05, 4.69) is 9.72 Å². The van der Waals surface area contributed by atoms with Crippen molar-refractivity contribution in [1.82, 2.24) is 4.98 Å². The van der Waals surface area contributed by atoms with Crippen molar-refractivity contribution < 1.29 is 18.3 Å². The molecule has 0 N–H and O–H groups in total. The summed E-state index contributed by atoms with van der Waals surface area (Å²) in [7, 11) is 0. The molecule has 5 heteroatoms. The van der Waals surface area contributed by atoms with Crippen molar-refractivity contribution in [3.05, 3.63) is 36.0 Å². The molecule has 0 spiro atoms. The highest BCUT2D eigenvalue weighted by Crippen LogP contribution is 2.21. The minimum Gasteiger partial charge on any atom is -0.435 e. The highest BCUT2D eigenvalue weighted by molar-refractivity contribution is 5.84. The molecule has 0 aliphatic heterocycles. The zero-order valence-corrected chi connectivity index (χ0v) is 8.06. The Kier molecular flexibility index (Phi) is 2.76. The van der Waals surface area contributed by atoms with E-state index in [0.717, 1.165) is 0 Å². The second kappa shape index (κ2) is 4.22. The molecule has 2 aromatic rings. The van der Waals surface area contributed by atoms with Crippen LogP contribution in [0.25, 0.3) is 10.9 Å². The van der Waals surface area contributed by atoms with Gasteiger partial charge in [-0.1, -0.05) is 6.07 Å². The number of hydrogen-bond donors (Lipinski definition) is 0. The second-order valence-corrected chi connectivity index (χ2v) is 3.09. The number of hydrogen-bond acceptors (Lipinski definition) is 3. The van der Waals surface area contributed by atoms with Crippen LogP contribution in [0.5, 0.6) is 5.75 Å². The van der Waals surface area contributed by atoms with Gasteiger partial charge in [0.2, 0.25) is 0 Å². The number of aromatic nitrogens is 1. The summed E-state index contributed by atoms with van der Waals surface area (Å²) in [6, 6.07) is 7.51. The Bertz CT molecular complexity index is 528. The molecule has 0 radical (unpaired) electrons. The summed E-state index contributed by atoms with van der Waals surface area (Å²) in [6.45, 7) is -2.85. The lowest BCUT2D eigenvalue weighted by molar-refractivity contribution is -0.0497. The maximum atomic E-state index is 12.0. The Labute approximate surface area is 89.7 Å². The molecule has 82 valence electrons. The molecule has 0 aliphatic rings. The van der Waals surface area contributed by atoms with E-state index in [4.69, 9.17) is 0 Å². The fourth-order valence-corrected chi connectivity index (χ4v) is 1.36. The van der Waals surface area contributed by atoms with Crippen LogP contribution in [-0.2, 0) is 0 Å². The van der Waals surface area contributed by atoms with Crippen LogP contribution in [-0.4, -0.2) is 17.9 Å². The molecule has 0 bridgehead atoms. The molecule has 0 saturated heterocycles. The number of fused-ring (bicyclic) bond motifs is 1. The number of carbonyl (C=O) groups excluding carboxylic acids is 1. The first-order valence-corrected chi connectivity index (χ1v) is 4.50. The number of carbonyl (C=O) groups is 1. The first-order valence-electron chi connectivity index (χ1n) is 4.50. The second-order valence-electron chi connectivity index (χ2n) is 3.09. The molecule has 2 rings (SSSR count). The SMILES string of the molecule is O=Cc1ccc2cc(OC(F)F)ccc2n1. The molecule has 0 atom stereocenters. The number of halogens is 2. The van der Waals surface area contributed by atoms with Crippen molar-refractivity contribution in [2.24, 2.45) is 0 Å². The van der Waals surface area contributed by atoms with Gasteiger partial charge in [0.05, 0.1) is 5.52 Å². The van der Waals surface area contributed by atoms with E-state index in [1.54, 1.807) is 6.07 Å². The summed E-state index contributed by atoms with van der Waals surface area (Å²) in [5.74, 6) is 0.0724. The van der Waals surface area contributed by atoms with Gasteiger partial charge in [-0.25, -0.2) is 4.98 Å². The van der Waals surface area contributed by atoms with Crippen molar-refractivity contribution in [2.75, 3.05) is 0 Å². The van der Waals surface area contributed by atoms with Crippen LogP contribution in [0, 0.1) is 0 Å². The summed E-state index contributed by atoms with van der Waals surface area (Å²) >= 11 is 0. The molecule has 0 unspecified atom stereocenters. The number of nitrogens with zero attached hydrogens (tertiary/aromatic N) is 1. The lowest BCUT2D eigenvalue weighted by Gasteiger charge is -2.05. The van der Waals surface area contributed by atoms with Gasteiger partial charge in [-0.2, -0.15) is 8.78 Å². The number of alkyl halides is 2. The van der Waals surface area contributed by atoms with Gasteiger partial charge < -0.3 is 4.74 Å². The van der Waals surface area contributed by atoms with Gasteiger partial charge in [0.15, 0.2) is 6.29 Å². The molecule has 0 saturated carbocycles. The standard InChI is InChI=1S/C11H7F2NO2/c12-11(13)16-9-3-4-10-7(5-9)1-2-8(6-15)14-10/h1-6,11H. The van der Waals surface area contributed by atoms with Crippen molar-refractivity contribution >= 4 is 17.2 Å². The van der Waals surface area contributed by atoms with Crippen LogP contribution in [0.2, 0.25) is 0 Å². The minimum absolute atomic E-state index is 0.0724.